The van der Waals surface area contributed by atoms with Crippen LogP contribution in [0.15, 0.2) is 83.0 Å². The van der Waals surface area contributed by atoms with Crippen molar-refractivity contribution < 1.29 is 28.7 Å². The Morgan fingerprint density at radius 2 is 1.67 bits per heavy atom. The molecule has 0 unspecified atom stereocenters. The second-order valence-corrected chi connectivity index (χ2v) is 12.4. The Labute approximate surface area is 249 Å². The number of rotatable bonds is 4. The third-order valence-electron chi connectivity index (χ3n) is 10.1. The van der Waals surface area contributed by atoms with Crippen LogP contribution >= 0.6 is 0 Å². The average molecular weight is 581 g/mol. The molecule has 0 radical (unpaired) electrons. The zero-order valence-electron chi connectivity index (χ0n) is 24.0. The minimum atomic E-state index is -0.871. The van der Waals surface area contributed by atoms with Crippen LogP contribution in [0.4, 0.5) is 4.39 Å². The number of allylic oxidation sites excluding steroid dienone is 6. The number of amides is 2. The number of fused-ring (bicyclic) bond motifs is 3. The lowest BCUT2D eigenvalue weighted by molar-refractivity contribution is -0.144. The number of benzene rings is 2. The molecular formula is C35H33FN2O5. The van der Waals surface area contributed by atoms with Gasteiger partial charge in [-0.3, -0.25) is 29.0 Å². The summed E-state index contributed by atoms with van der Waals surface area (Å²) in [5, 5.41) is 10.8. The lowest BCUT2D eigenvalue weighted by Gasteiger charge is -2.42. The zero-order valence-corrected chi connectivity index (χ0v) is 24.0. The smallest absolute Gasteiger partial charge is 0.233 e. The van der Waals surface area contributed by atoms with Gasteiger partial charge in [0.25, 0.3) is 0 Å². The minimum Gasteiger partial charge on any atom is -0.505 e. The molecule has 7 nitrogen and oxygen atoms in total. The number of ketones is 2. The highest BCUT2D eigenvalue weighted by atomic mass is 19.1. The molecule has 5 aliphatic rings. The molecule has 4 atom stereocenters. The third kappa shape index (κ3) is 4.42. The number of phenols is 1. The molecule has 2 aromatic carbocycles. The molecule has 7 rings (SSSR count). The van der Waals surface area contributed by atoms with E-state index in [0.717, 1.165) is 25.7 Å². The summed E-state index contributed by atoms with van der Waals surface area (Å²) in [7, 11) is 0. The molecule has 0 bridgehead atoms. The Kier molecular flexibility index (Phi) is 6.77. The second-order valence-electron chi connectivity index (χ2n) is 12.4. The van der Waals surface area contributed by atoms with Crippen molar-refractivity contribution >= 4 is 23.4 Å². The molecule has 0 aromatic heterocycles. The van der Waals surface area contributed by atoms with Gasteiger partial charge < -0.3 is 5.11 Å². The Morgan fingerprint density at radius 3 is 2.42 bits per heavy atom. The minimum absolute atomic E-state index is 0.160. The van der Waals surface area contributed by atoms with E-state index in [-0.39, 0.29) is 47.0 Å². The van der Waals surface area contributed by atoms with E-state index in [1.807, 2.05) is 24.3 Å². The Morgan fingerprint density at radius 1 is 0.930 bits per heavy atom. The molecule has 220 valence electrons. The number of imide groups is 1. The van der Waals surface area contributed by atoms with Gasteiger partial charge in [-0.25, -0.2) is 4.39 Å². The van der Waals surface area contributed by atoms with E-state index in [4.69, 9.17) is 0 Å². The van der Waals surface area contributed by atoms with Crippen LogP contribution in [0.5, 0.6) is 5.75 Å². The van der Waals surface area contributed by atoms with Gasteiger partial charge >= 0.3 is 0 Å². The topological polar surface area (TPSA) is 95.0 Å². The van der Waals surface area contributed by atoms with Gasteiger partial charge in [0.1, 0.15) is 0 Å². The highest BCUT2D eigenvalue weighted by Gasteiger charge is 2.57. The molecule has 0 saturated carbocycles. The van der Waals surface area contributed by atoms with E-state index in [1.165, 1.54) is 22.6 Å². The van der Waals surface area contributed by atoms with Crippen molar-refractivity contribution in [3.8, 4) is 5.75 Å². The number of para-hydroxylation sites is 1. The van der Waals surface area contributed by atoms with Gasteiger partial charge in [-0.15, -0.1) is 0 Å². The molecular weight excluding hydrogens is 547 g/mol. The summed E-state index contributed by atoms with van der Waals surface area (Å²) >= 11 is 0. The first-order valence-electron chi connectivity index (χ1n) is 15.1. The first-order chi connectivity index (χ1) is 20.7. The average Bonchev–Trinajstić information content (AvgIpc) is 3.27. The van der Waals surface area contributed by atoms with Crippen molar-refractivity contribution in [2.24, 2.45) is 17.8 Å². The summed E-state index contributed by atoms with van der Waals surface area (Å²) < 4.78 is 14.6. The fourth-order valence-electron chi connectivity index (χ4n) is 8.06. The molecule has 2 heterocycles. The van der Waals surface area contributed by atoms with Crippen LogP contribution in [0.25, 0.3) is 0 Å². The lowest BCUT2D eigenvalue weighted by Crippen LogP contribution is -2.47. The summed E-state index contributed by atoms with van der Waals surface area (Å²) in [6.07, 6.45) is 5.06. The van der Waals surface area contributed by atoms with Crippen molar-refractivity contribution in [3.63, 3.8) is 0 Å². The summed E-state index contributed by atoms with van der Waals surface area (Å²) in [5.41, 5.74) is 2.96. The normalized spacial score (nSPS) is 28.0. The van der Waals surface area contributed by atoms with Crippen LogP contribution in [-0.4, -0.2) is 57.4 Å². The van der Waals surface area contributed by atoms with Gasteiger partial charge in [-0.05, 0) is 56.2 Å². The van der Waals surface area contributed by atoms with Crippen molar-refractivity contribution in [2.45, 2.75) is 51.1 Å². The largest absolute Gasteiger partial charge is 0.505 e. The van der Waals surface area contributed by atoms with Crippen molar-refractivity contribution in [1.29, 1.82) is 0 Å². The van der Waals surface area contributed by atoms with Gasteiger partial charge in [-0.2, -0.15) is 0 Å². The molecule has 2 aromatic rings. The summed E-state index contributed by atoms with van der Waals surface area (Å²) in [6.45, 7) is 3.96. The maximum Gasteiger partial charge on any atom is 0.233 e. The molecule has 43 heavy (non-hydrogen) atoms. The predicted octanol–water partition coefficient (Wildman–Crippen LogP) is 4.63. The van der Waals surface area contributed by atoms with Gasteiger partial charge in [0.2, 0.25) is 11.8 Å². The SMILES string of the molecule is CC1=CC(=O)C2=C(C[C@@H]3C(=CC[C@@H]4C(=O)N(C5CCN(Cc6ccccc6)CC5)C(=O)[C@@H]43)[C@@H]2c2cccc(F)c2O)C1=O. The second kappa shape index (κ2) is 10.5. The number of hydrogen-bond donors (Lipinski definition) is 1. The van der Waals surface area contributed by atoms with Crippen LogP contribution in [0, 0.1) is 23.6 Å². The van der Waals surface area contributed by atoms with Crippen LogP contribution in [-0.2, 0) is 25.7 Å². The number of carbonyl (C=O) groups excluding carboxylic acids is 4. The number of piperidine rings is 1. The van der Waals surface area contributed by atoms with Crippen LogP contribution < -0.4 is 0 Å². The maximum absolute atomic E-state index is 14.6. The molecule has 2 saturated heterocycles. The number of likely N-dealkylation sites (tertiary alicyclic amines) is 2. The number of carbonyl (C=O) groups is 4. The highest BCUT2D eigenvalue weighted by Crippen LogP contribution is 2.56. The zero-order chi connectivity index (χ0) is 30.0. The Balaban J connectivity index is 1.19. The number of halogens is 1. The fourth-order valence-corrected chi connectivity index (χ4v) is 8.06. The number of hydrogen-bond acceptors (Lipinski definition) is 6. The monoisotopic (exact) mass is 580 g/mol. The van der Waals surface area contributed by atoms with Gasteiger partial charge in [0.05, 0.1) is 11.8 Å². The first kappa shape index (κ1) is 27.7. The summed E-state index contributed by atoms with van der Waals surface area (Å²) in [6, 6.07) is 14.2. The molecule has 2 aliphatic heterocycles. The van der Waals surface area contributed by atoms with E-state index in [0.29, 0.717) is 36.0 Å². The number of aromatic hydroxyl groups is 1. The number of nitrogens with zero attached hydrogens (tertiary/aromatic N) is 2. The van der Waals surface area contributed by atoms with Gasteiger partial charge in [0, 0.05) is 53.9 Å². The standard InChI is InChI=1S/C35H33FN2O5/c1-19-16-28(39)31-26(32(19)40)17-25-22(29(31)23-8-5-9-27(36)33(23)41)10-11-24-30(25)35(43)38(34(24)42)21-12-14-37(15-13-21)18-20-6-3-2-4-7-20/h2-10,16,21,24-25,29-30,41H,11-15,17-18H2,1H3/t24-,25+,29+,30-/m0/s1. The first-order valence-corrected chi connectivity index (χ1v) is 15.1. The van der Waals surface area contributed by atoms with Gasteiger partial charge in [0.15, 0.2) is 23.1 Å². The third-order valence-corrected chi connectivity index (χ3v) is 10.1. The van der Waals surface area contributed by atoms with E-state index < -0.39 is 35.2 Å². The molecule has 3 aliphatic carbocycles. The van der Waals surface area contributed by atoms with E-state index >= 15 is 0 Å². The van der Waals surface area contributed by atoms with Crippen molar-refractivity contribution in [1.82, 2.24) is 9.80 Å². The number of Topliss-reactive ketones (excluding diaryl/α,β-unsaturated/α-hetero) is 1. The van der Waals surface area contributed by atoms with Crippen molar-refractivity contribution in [2.75, 3.05) is 13.1 Å². The molecule has 0 spiro atoms. The summed E-state index contributed by atoms with van der Waals surface area (Å²) in [4.78, 5) is 58.6. The Bertz CT molecular complexity index is 1650. The quantitative estimate of drug-likeness (QED) is 0.322. The van der Waals surface area contributed by atoms with Gasteiger partial charge in [-0.1, -0.05) is 54.1 Å². The Hall–Kier alpha value is -4.17. The van der Waals surface area contributed by atoms with Crippen LogP contribution in [0.3, 0.4) is 0 Å². The fraction of sp³-hybridized carbons (Fsp3) is 0.371. The molecule has 8 heteroatoms. The molecule has 2 amide bonds. The molecule has 1 N–H and O–H groups in total. The molecule has 2 fully saturated rings. The van der Waals surface area contributed by atoms with E-state index in [1.54, 1.807) is 13.0 Å². The van der Waals surface area contributed by atoms with Crippen LogP contribution in [0.1, 0.15) is 49.7 Å². The van der Waals surface area contributed by atoms with E-state index in [9.17, 15) is 28.7 Å². The number of phenolic OH excluding ortho intramolecular Hbond substituents is 1. The highest BCUT2D eigenvalue weighted by molar-refractivity contribution is 6.23. The maximum atomic E-state index is 14.6. The predicted molar refractivity (Wildman–Crippen MR) is 156 cm³/mol. The van der Waals surface area contributed by atoms with Crippen molar-refractivity contribution in [3.05, 3.63) is 99.9 Å². The van der Waals surface area contributed by atoms with Crippen LogP contribution in [0.2, 0.25) is 0 Å². The summed E-state index contributed by atoms with van der Waals surface area (Å²) in [5.74, 6) is -5.01. The van der Waals surface area contributed by atoms with E-state index in [2.05, 4.69) is 17.0 Å². The lowest BCUT2D eigenvalue weighted by atomic mass is 9.59.